The van der Waals surface area contributed by atoms with E-state index in [9.17, 15) is 4.79 Å². The molecule has 0 amide bonds. The van der Waals surface area contributed by atoms with Crippen LogP contribution in [0.15, 0.2) is 4.52 Å². The van der Waals surface area contributed by atoms with Crippen molar-refractivity contribution in [2.45, 2.75) is 13.8 Å². The zero-order chi connectivity index (χ0) is 8.97. The van der Waals surface area contributed by atoms with Crippen LogP contribution >= 0.6 is 0 Å². The molecule has 0 N–H and O–H groups in total. The van der Waals surface area contributed by atoms with Crippen LogP contribution in [-0.2, 0) is 0 Å². The standard InChI is InChI=1S/C7H11N3O2/c1-3-10(4-2)7-8-6(5-11)12-9-7/h5H,3-4H2,1-2H3. The molecule has 0 saturated carbocycles. The highest BCUT2D eigenvalue weighted by atomic mass is 16.5. The second-order valence-corrected chi connectivity index (χ2v) is 2.22. The van der Waals surface area contributed by atoms with E-state index >= 15 is 0 Å². The predicted molar refractivity (Wildman–Crippen MR) is 43.2 cm³/mol. The summed E-state index contributed by atoms with van der Waals surface area (Å²) in [5.41, 5.74) is 0. The third kappa shape index (κ3) is 1.61. The Morgan fingerprint density at radius 1 is 1.50 bits per heavy atom. The van der Waals surface area contributed by atoms with E-state index in [0.717, 1.165) is 13.1 Å². The minimum absolute atomic E-state index is 0.0249. The van der Waals surface area contributed by atoms with Gasteiger partial charge in [-0.1, -0.05) is 0 Å². The maximum atomic E-state index is 10.2. The monoisotopic (exact) mass is 169 g/mol. The molecule has 1 rings (SSSR count). The molecule has 0 fully saturated rings. The normalized spacial score (nSPS) is 9.83. The Hall–Kier alpha value is -1.39. The number of nitrogens with zero attached hydrogens (tertiary/aromatic N) is 3. The molecule has 12 heavy (non-hydrogen) atoms. The average Bonchev–Trinajstić information content (AvgIpc) is 2.55. The molecule has 0 bridgehead atoms. The van der Waals surface area contributed by atoms with Gasteiger partial charge in [0.05, 0.1) is 0 Å². The lowest BCUT2D eigenvalue weighted by Crippen LogP contribution is -2.22. The molecule has 1 aromatic heterocycles. The first-order chi connectivity index (χ1) is 5.81. The van der Waals surface area contributed by atoms with Crippen molar-refractivity contribution >= 4 is 12.2 Å². The smallest absolute Gasteiger partial charge is 0.292 e. The van der Waals surface area contributed by atoms with E-state index in [1.807, 2.05) is 18.7 Å². The van der Waals surface area contributed by atoms with Gasteiger partial charge in [0.1, 0.15) is 0 Å². The molecule has 0 aliphatic rings. The summed E-state index contributed by atoms with van der Waals surface area (Å²) in [6.07, 6.45) is 0.542. The maximum absolute atomic E-state index is 10.2. The van der Waals surface area contributed by atoms with Gasteiger partial charge >= 0.3 is 0 Å². The van der Waals surface area contributed by atoms with Crippen molar-refractivity contribution in [3.8, 4) is 0 Å². The Labute approximate surface area is 70.4 Å². The van der Waals surface area contributed by atoms with Crippen LogP contribution in [0.5, 0.6) is 0 Å². The summed E-state index contributed by atoms with van der Waals surface area (Å²) in [5.74, 6) is 0.499. The average molecular weight is 169 g/mol. The van der Waals surface area contributed by atoms with Crippen LogP contribution in [0.3, 0.4) is 0 Å². The van der Waals surface area contributed by atoms with Gasteiger partial charge in [0.2, 0.25) is 6.29 Å². The highest BCUT2D eigenvalue weighted by Gasteiger charge is 2.09. The fourth-order valence-electron chi connectivity index (χ4n) is 0.910. The molecule has 66 valence electrons. The molecule has 1 heterocycles. The second-order valence-electron chi connectivity index (χ2n) is 2.22. The summed E-state index contributed by atoms with van der Waals surface area (Å²) in [6.45, 7) is 5.57. The van der Waals surface area contributed by atoms with Crippen molar-refractivity contribution in [2.24, 2.45) is 0 Å². The first-order valence-corrected chi connectivity index (χ1v) is 3.85. The van der Waals surface area contributed by atoms with Gasteiger partial charge in [-0.05, 0) is 19.0 Å². The Bertz CT molecular complexity index is 255. The fraction of sp³-hybridized carbons (Fsp3) is 0.571. The number of rotatable bonds is 4. The number of hydrogen-bond acceptors (Lipinski definition) is 5. The van der Waals surface area contributed by atoms with E-state index < -0.39 is 0 Å². The molecular formula is C7H11N3O2. The third-order valence-corrected chi connectivity index (χ3v) is 1.58. The van der Waals surface area contributed by atoms with Crippen LogP contribution in [0.4, 0.5) is 5.95 Å². The molecule has 0 spiro atoms. The van der Waals surface area contributed by atoms with Crippen molar-refractivity contribution in [3.05, 3.63) is 5.89 Å². The van der Waals surface area contributed by atoms with E-state index in [0.29, 0.717) is 12.2 Å². The zero-order valence-electron chi connectivity index (χ0n) is 7.15. The van der Waals surface area contributed by atoms with Gasteiger partial charge in [-0.25, -0.2) is 0 Å². The zero-order valence-corrected chi connectivity index (χ0v) is 7.15. The highest BCUT2D eigenvalue weighted by Crippen LogP contribution is 2.06. The summed E-state index contributed by atoms with van der Waals surface area (Å²) in [7, 11) is 0. The Morgan fingerprint density at radius 2 is 2.17 bits per heavy atom. The highest BCUT2D eigenvalue weighted by molar-refractivity contribution is 5.67. The van der Waals surface area contributed by atoms with Gasteiger partial charge in [-0.2, -0.15) is 4.98 Å². The van der Waals surface area contributed by atoms with E-state index in [2.05, 4.69) is 14.7 Å². The van der Waals surface area contributed by atoms with Gasteiger partial charge in [0, 0.05) is 13.1 Å². The lowest BCUT2D eigenvalue weighted by Gasteiger charge is -2.14. The van der Waals surface area contributed by atoms with Gasteiger partial charge < -0.3 is 9.42 Å². The predicted octanol–water partition coefficient (Wildman–Crippen LogP) is 0.728. The molecule has 5 nitrogen and oxygen atoms in total. The molecule has 0 saturated heterocycles. The Kier molecular flexibility index (Phi) is 2.79. The number of aldehydes is 1. The van der Waals surface area contributed by atoms with Crippen molar-refractivity contribution in [3.63, 3.8) is 0 Å². The summed E-state index contributed by atoms with van der Waals surface area (Å²) in [6, 6.07) is 0. The quantitative estimate of drug-likeness (QED) is 0.622. The number of carbonyl (C=O) groups is 1. The van der Waals surface area contributed by atoms with Gasteiger partial charge in [0.25, 0.3) is 11.8 Å². The topological polar surface area (TPSA) is 59.2 Å². The number of aromatic nitrogens is 2. The lowest BCUT2D eigenvalue weighted by molar-refractivity contribution is 0.108. The van der Waals surface area contributed by atoms with Gasteiger partial charge in [-0.3, -0.25) is 4.79 Å². The first kappa shape index (κ1) is 8.70. The van der Waals surface area contributed by atoms with Crippen molar-refractivity contribution in [1.82, 2.24) is 10.1 Å². The number of carbonyl (C=O) groups excluding carboxylic acids is 1. The number of anilines is 1. The molecule has 0 radical (unpaired) electrons. The SMILES string of the molecule is CCN(CC)c1noc(C=O)n1. The Balaban J connectivity index is 2.79. The molecule has 0 atom stereocenters. The van der Waals surface area contributed by atoms with Crippen molar-refractivity contribution in [2.75, 3.05) is 18.0 Å². The van der Waals surface area contributed by atoms with E-state index in [4.69, 9.17) is 0 Å². The van der Waals surface area contributed by atoms with Crippen LogP contribution < -0.4 is 4.90 Å². The molecule has 5 heteroatoms. The lowest BCUT2D eigenvalue weighted by atomic mass is 10.5. The molecule has 1 aromatic rings. The molecule has 0 aromatic carbocycles. The molecule has 0 unspecified atom stereocenters. The van der Waals surface area contributed by atoms with E-state index in [1.54, 1.807) is 0 Å². The third-order valence-electron chi connectivity index (χ3n) is 1.58. The summed E-state index contributed by atoms with van der Waals surface area (Å²) in [4.78, 5) is 16.0. The van der Waals surface area contributed by atoms with Gasteiger partial charge in [0.15, 0.2) is 0 Å². The van der Waals surface area contributed by atoms with E-state index in [-0.39, 0.29) is 5.89 Å². The summed E-state index contributed by atoms with van der Waals surface area (Å²) in [5, 5.41) is 3.64. The molecular weight excluding hydrogens is 158 g/mol. The van der Waals surface area contributed by atoms with Crippen LogP contribution in [0, 0.1) is 0 Å². The van der Waals surface area contributed by atoms with Crippen molar-refractivity contribution < 1.29 is 9.32 Å². The van der Waals surface area contributed by atoms with Crippen LogP contribution in [-0.4, -0.2) is 29.5 Å². The minimum atomic E-state index is 0.0249. The summed E-state index contributed by atoms with van der Waals surface area (Å²) >= 11 is 0. The summed E-state index contributed by atoms with van der Waals surface area (Å²) < 4.78 is 4.63. The van der Waals surface area contributed by atoms with Crippen molar-refractivity contribution in [1.29, 1.82) is 0 Å². The van der Waals surface area contributed by atoms with Crippen LogP contribution in [0.2, 0.25) is 0 Å². The fourth-order valence-corrected chi connectivity index (χ4v) is 0.910. The largest absolute Gasteiger partial charge is 0.339 e. The first-order valence-electron chi connectivity index (χ1n) is 3.85. The van der Waals surface area contributed by atoms with Crippen LogP contribution in [0.1, 0.15) is 24.5 Å². The maximum Gasteiger partial charge on any atom is 0.292 e. The molecule has 0 aliphatic heterocycles. The molecule has 0 aliphatic carbocycles. The van der Waals surface area contributed by atoms with Crippen LogP contribution in [0.25, 0.3) is 0 Å². The Morgan fingerprint density at radius 3 is 2.58 bits per heavy atom. The van der Waals surface area contributed by atoms with Gasteiger partial charge in [-0.15, -0.1) is 0 Å². The minimum Gasteiger partial charge on any atom is -0.339 e. The van der Waals surface area contributed by atoms with E-state index in [1.165, 1.54) is 0 Å². The second kappa shape index (κ2) is 3.85. The number of hydrogen-bond donors (Lipinski definition) is 0.